The van der Waals surface area contributed by atoms with Crippen molar-refractivity contribution in [2.45, 2.75) is 0 Å². The molecule has 0 bridgehead atoms. The molecule has 0 amide bonds. The first-order valence-corrected chi connectivity index (χ1v) is 16.7. The van der Waals surface area contributed by atoms with Gasteiger partial charge in [-0.15, -0.1) is 11.3 Å². The van der Waals surface area contributed by atoms with Gasteiger partial charge < -0.3 is 9.32 Å². The number of nitrogens with zero attached hydrogens (tertiary/aromatic N) is 1. The number of benzene rings is 8. The van der Waals surface area contributed by atoms with E-state index in [0.29, 0.717) is 0 Å². The summed E-state index contributed by atoms with van der Waals surface area (Å²) in [5.74, 6) is 0. The summed E-state index contributed by atoms with van der Waals surface area (Å²) in [6.07, 6.45) is 0. The van der Waals surface area contributed by atoms with Crippen molar-refractivity contribution < 1.29 is 4.42 Å². The average molecular weight is 618 g/mol. The maximum atomic E-state index is 6.50. The summed E-state index contributed by atoms with van der Waals surface area (Å²) in [5.41, 5.74) is 7.60. The number of anilines is 3. The van der Waals surface area contributed by atoms with Gasteiger partial charge in [0.1, 0.15) is 11.2 Å². The van der Waals surface area contributed by atoms with Crippen LogP contribution in [0.5, 0.6) is 0 Å². The third kappa shape index (κ3) is 4.10. The second kappa shape index (κ2) is 10.3. The Hall–Kier alpha value is -5.90. The van der Waals surface area contributed by atoms with Gasteiger partial charge in [0.25, 0.3) is 0 Å². The first kappa shape index (κ1) is 26.3. The number of hydrogen-bond donors (Lipinski definition) is 0. The Morgan fingerprint density at radius 3 is 1.98 bits per heavy atom. The molecule has 0 N–H and O–H groups in total. The lowest BCUT2D eigenvalue weighted by Gasteiger charge is -2.27. The van der Waals surface area contributed by atoms with Crippen molar-refractivity contribution >= 4 is 92.1 Å². The molecule has 0 aliphatic carbocycles. The third-order valence-corrected chi connectivity index (χ3v) is 10.6. The van der Waals surface area contributed by atoms with Gasteiger partial charge in [0.05, 0.1) is 5.69 Å². The monoisotopic (exact) mass is 617 g/mol. The predicted octanol–water partition coefficient (Wildman–Crippen LogP) is 13.4. The predicted molar refractivity (Wildman–Crippen MR) is 202 cm³/mol. The van der Waals surface area contributed by atoms with Gasteiger partial charge in [-0.1, -0.05) is 115 Å². The number of furan rings is 1. The van der Waals surface area contributed by atoms with Crippen LogP contribution in [0, 0.1) is 0 Å². The molecule has 0 aliphatic heterocycles. The molecule has 0 saturated carbocycles. The lowest BCUT2D eigenvalue weighted by atomic mass is 9.98. The highest BCUT2D eigenvalue weighted by Gasteiger charge is 2.19. The lowest BCUT2D eigenvalue weighted by molar-refractivity contribution is 0.673. The summed E-state index contributed by atoms with van der Waals surface area (Å²) in [5, 5.41) is 9.69. The second-order valence-corrected chi connectivity index (χ2v) is 13.2. The van der Waals surface area contributed by atoms with Crippen molar-refractivity contribution in [2.75, 3.05) is 4.90 Å². The maximum Gasteiger partial charge on any atom is 0.143 e. The minimum Gasteiger partial charge on any atom is -0.455 e. The molecule has 10 rings (SSSR count). The van der Waals surface area contributed by atoms with Crippen LogP contribution in [0.2, 0.25) is 0 Å². The first-order valence-electron chi connectivity index (χ1n) is 15.9. The van der Waals surface area contributed by atoms with Crippen molar-refractivity contribution in [2.24, 2.45) is 0 Å². The fourth-order valence-corrected chi connectivity index (χ4v) is 8.41. The number of fused-ring (bicyclic) bond motifs is 9. The Morgan fingerprint density at radius 1 is 0.447 bits per heavy atom. The van der Waals surface area contributed by atoms with Crippen LogP contribution in [0.25, 0.3) is 74.8 Å². The molecule has 2 nitrogen and oxygen atoms in total. The third-order valence-electron chi connectivity index (χ3n) is 9.45. The molecule has 0 spiro atoms. The zero-order chi connectivity index (χ0) is 30.9. The SMILES string of the molecule is c1ccc2c(N(c3ccc(-c4cccc5oc6c7ccccc7ccc6c45)cc3)c3ccc4c(c3)sc3ccccc34)cccc2c1. The molecule has 0 radical (unpaired) electrons. The van der Waals surface area contributed by atoms with E-state index in [4.69, 9.17) is 4.42 Å². The van der Waals surface area contributed by atoms with Crippen LogP contribution in [0.3, 0.4) is 0 Å². The van der Waals surface area contributed by atoms with E-state index in [1.165, 1.54) is 41.9 Å². The Bertz CT molecular complexity index is 2800. The van der Waals surface area contributed by atoms with E-state index in [1.807, 2.05) is 11.3 Å². The van der Waals surface area contributed by atoms with Crippen molar-refractivity contribution in [1.29, 1.82) is 0 Å². The molecule has 47 heavy (non-hydrogen) atoms. The van der Waals surface area contributed by atoms with Crippen LogP contribution in [0.4, 0.5) is 17.1 Å². The van der Waals surface area contributed by atoms with Crippen molar-refractivity contribution in [3.8, 4) is 11.1 Å². The van der Waals surface area contributed by atoms with E-state index in [2.05, 4.69) is 169 Å². The van der Waals surface area contributed by atoms with E-state index in [-0.39, 0.29) is 0 Å². The molecule has 2 heterocycles. The molecule has 10 aromatic rings. The molecule has 220 valence electrons. The van der Waals surface area contributed by atoms with Crippen molar-refractivity contribution in [1.82, 2.24) is 0 Å². The molecule has 0 atom stereocenters. The molecule has 0 fully saturated rings. The van der Waals surface area contributed by atoms with Crippen LogP contribution in [-0.4, -0.2) is 0 Å². The largest absolute Gasteiger partial charge is 0.455 e. The summed E-state index contributed by atoms with van der Waals surface area (Å²) in [6.45, 7) is 0. The Kier molecular flexibility index (Phi) is 5.78. The van der Waals surface area contributed by atoms with Gasteiger partial charge in [-0.3, -0.25) is 0 Å². The van der Waals surface area contributed by atoms with Crippen molar-refractivity contribution in [3.63, 3.8) is 0 Å². The second-order valence-electron chi connectivity index (χ2n) is 12.1. The summed E-state index contributed by atoms with van der Waals surface area (Å²) < 4.78 is 9.10. The smallest absolute Gasteiger partial charge is 0.143 e. The quantitative estimate of drug-likeness (QED) is 0.195. The minimum absolute atomic E-state index is 0.909. The molecule has 0 saturated heterocycles. The molecule has 8 aromatic carbocycles. The Balaban J connectivity index is 1.15. The zero-order valence-electron chi connectivity index (χ0n) is 25.4. The highest BCUT2D eigenvalue weighted by atomic mass is 32.1. The molecule has 0 aliphatic rings. The van der Waals surface area contributed by atoms with Gasteiger partial charge >= 0.3 is 0 Å². The normalized spacial score (nSPS) is 11.8. The van der Waals surface area contributed by atoms with Gasteiger partial charge in [0.2, 0.25) is 0 Å². The Morgan fingerprint density at radius 2 is 1.11 bits per heavy atom. The van der Waals surface area contributed by atoms with Gasteiger partial charge in [-0.25, -0.2) is 0 Å². The minimum atomic E-state index is 0.909. The van der Waals surface area contributed by atoms with Crippen LogP contribution in [0.15, 0.2) is 168 Å². The summed E-state index contributed by atoms with van der Waals surface area (Å²) >= 11 is 1.85. The average Bonchev–Trinajstić information content (AvgIpc) is 3.71. The van der Waals surface area contributed by atoms with Crippen LogP contribution >= 0.6 is 11.3 Å². The molecule has 2 aromatic heterocycles. The van der Waals surface area contributed by atoms with E-state index >= 15 is 0 Å². The highest BCUT2D eigenvalue weighted by Crippen LogP contribution is 2.44. The lowest BCUT2D eigenvalue weighted by Crippen LogP contribution is -2.10. The number of thiophene rings is 1. The summed E-state index contributed by atoms with van der Waals surface area (Å²) in [4.78, 5) is 2.40. The highest BCUT2D eigenvalue weighted by molar-refractivity contribution is 7.25. The van der Waals surface area contributed by atoms with E-state index in [1.54, 1.807) is 0 Å². The van der Waals surface area contributed by atoms with Gasteiger partial charge in [-0.2, -0.15) is 0 Å². The zero-order valence-corrected chi connectivity index (χ0v) is 26.2. The fraction of sp³-hybridized carbons (Fsp3) is 0. The number of hydrogen-bond acceptors (Lipinski definition) is 3. The van der Waals surface area contributed by atoms with Gasteiger partial charge in [-0.05, 0) is 70.4 Å². The van der Waals surface area contributed by atoms with Gasteiger partial charge in [0, 0.05) is 53.1 Å². The van der Waals surface area contributed by atoms with E-state index < -0.39 is 0 Å². The molecule has 3 heteroatoms. The molecular weight excluding hydrogens is 591 g/mol. The molecule has 0 unspecified atom stereocenters. The summed E-state index contributed by atoms with van der Waals surface area (Å²) in [6, 6.07) is 59.0. The van der Waals surface area contributed by atoms with Crippen molar-refractivity contribution in [3.05, 3.63) is 164 Å². The van der Waals surface area contributed by atoms with E-state index in [9.17, 15) is 0 Å². The molecular formula is C44H27NOS. The standard InChI is InChI=1S/C44H27NOS/c1-3-12-33-28(9-1)11-7-16-39(33)45(32-24-26-37-36-14-5-6-18-41(36)47-42(37)27-32)31-22-19-30(20-23-31)34-15-8-17-40-43(34)38-25-21-29-10-2-4-13-35(29)44(38)46-40/h1-27H. The maximum absolute atomic E-state index is 6.50. The Labute approximate surface area is 275 Å². The fourth-order valence-electron chi connectivity index (χ4n) is 7.27. The van der Waals surface area contributed by atoms with Crippen LogP contribution < -0.4 is 4.90 Å². The van der Waals surface area contributed by atoms with E-state index in [0.717, 1.165) is 50.0 Å². The van der Waals surface area contributed by atoms with Crippen LogP contribution in [-0.2, 0) is 0 Å². The summed E-state index contributed by atoms with van der Waals surface area (Å²) in [7, 11) is 0. The first-order chi connectivity index (χ1) is 23.3. The number of rotatable bonds is 4. The van der Waals surface area contributed by atoms with Crippen LogP contribution in [0.1, 0.15) is 0 Å². The van der Waals surface area contributed by atoms with Gasteiger partial charge in [0.15, 0.2) is 0 Å². The topological polar surface area (TPSA) is 16.4 Å².